The van der Waals surface area contributed by atoms with Gasteiger partial charge in [-0.1, -0.05) is 19.1 Å². The molecule has 280 valence electrons. The summed E-state index contributed by atoms with van der Waals surface area (Å²) >= 11 is 1.59. The molecule has 1 aromatic carbocycles. The second-order valence-electron chi connectivity index (χ2n) is 14.6. The van der Waals surface area contributed by atoms with Crippen LogP contribution in [0.5, 0.6) is 5.75 Å². The number of benzene rings is 1. The van der Waals surface area contributed by atoms with Gasteiger partial charge in [-0.05, 0) is 68.4 Å². The Morgan fingerprint density at radius 2 is 1.83 bits per heavy atom. The van der Waals surface area contributed by atoms with E-state index >= 15 is 0 Å². The molecule has 10 nitrogen and oxygen atoms in total. The maximum absolute atomic E-state index is 14.4. The van der Waals surface area contributed by atoms with E-state index in [1.165, 1.54) is 32.2 Å². The van der Waals surface area contributed by atoms with Gasteiger partial charge in [-0.25, -0.2) is 14.4 Å². The van der Waals surface area contributed by atoms with E-state index in [0.717, 1.165) is 69.1 Å². The van der Waals surface area contributed by atoms with E-state index in [1.54, 1.807) is 17.5 Å². The molecule has 1 saturated carbocycles. The SMILES string of the molecule is CCc1nc(C)ccc1-c1cc(C(=O)N2CCN(c3ncc(F)cc3OC)CC2)cc2cc(C3=CCCN(C(=O)CCc4nccs4)C3)n(CC3CC3)c12. The van der Waals surface area contributed by atoms with Gasteiger partial charge in [0.2, 0.25) is 5.91 Å². The zero-order valence-electron chi connectivity index (χ0n) is 31.2. The first-order valence-electron chi connectivity index (χ1n) is 19.0. The van der Waals surface area contributed by atoms with Crippen LogP contribution in [0.2, 0.25) is 0 Å². The van der Waals surface area contributed by atoms with E-state index in [0.29, 0.717) is 75.2 Å². The minimum Gasteiger partial charge on any atom is -0.493 e. The number of thiazole rings is 1. The van der Waals surface area contributed by atoms with Crippen LogP contribution in [0.15, 0.2) is 60.2 Å². The number of anilines is 1. The van der Waals surface area contributed by atoms with Gasteiger partial charge in [0.05, 0.1) is 23.8 Å². The highest BCUT2D eigenvalue weighted by atomic mass is 32.1. The Morgan fingerprint density at radius 3 is 2.57 bits per heavy atom. The number of rotatable bonds is 11. The van der Waals surface area contributed by atoms with Gasteiger partial charge in [-0.3, -0.25) is 14.6 Å². The molecule has 54 heavy (non-hydrogen) atoms. The van der Waals surface area contributed by atoms with Crippen molar-refractivity contribution in [3.05, 3.63) is 93.7 Å². The number of nitrogens with zero attached hydrogens (tertiary/aromatic N) is 7. The smallest absolute Gasteiger partial charge is 0.254 e. The summed E-state index contributed by atoms with van der Waals surface area (Å²) in [7, 11) is 1.51. The van der Waals surface area contributed by atoms with Crippen molar-refractivity contribution in [2.45, 2.75) is 58.9 Å². The van der Waals surface area contributed by atoms with Gasteiger partial charge in [0.25, 0.3) is 5.91 Å². The minimum absolute atomic E-state index is 0.0275. The first-order valence-corrected chi connectivity index (χ1v) is 19.9. The van der Waals surface area contributed by atoms with Crippen LogP contribution >= 0.6 is 11.3 Å². The fraction of sp³-hybridized carbons (Fsp3) is 0.405. The Bertz CT molecular complexity index is 2220. The lowest BCUT2D eigenvalue weighted by molar-refractivity contribution is -0.130. The number of carbonyl (C=O) groups is 2. The molecule has 4 aromatic heterocycles. The predicted molar refractivity (Wildman–Crippen MR) is 210 cm³/mol. The number of methoxy groups -OCH3 is 1. The highest BCUT2D eigenvalue weighted by Crippen LogP contribution is 2.41. The number of piperazine rings is 1. The van der Waals surface area contributed by atoms with Crippen LogP contribution in [-0.4, -0.2) is 87.5 Å². The van der Waals surface area contributed by atoms with E-state index in [-0.39, 0.29) is 11.8 Å². The highest BCUT2D eigenvalue weighted by molar-refractivity contribution is 7.09. The number of hydrogen-bond donors (Lipinski definition) is 0. The Labute approximate surface area is 319 Å². The normalized spacial score (nSPS) is 16.2. The van der Waals surface area contributed by atoms with Crippen LogP contribution in [0.3, 0.4) is 0 Å². The molecule has 0 unspecified atom stereocenters. The maximum Gasteiger partial charge on any atom is 0.254 e. The molecule has 0 bridgehead atoms. The molecule has 2 fully saturated rings. The molecule has 1 aliphatic carbocycles. The standard InChI is InChI=1S/C42H46FN7O3S/c1-4-35-33(10-7-27(2)46-35)34-21-31(42(52)48-17-15-47(16-18-48)41-37(53-3)23-32(43)24-45-41)20-30-22-36(50(40(30)34)25-28-8-9-28)29-6-5-14-49(26-29)39(51)12-11-38-44-13-19-54-38/h6-7,10,13,19-24,28H,4-5,8-9,11-12,14-18,25-26H2,1-3H3. The number of hydrogen-bond acceptors (Lipinski definition) is 8. The van der Waals surface area contributed by atoms with Gasteiger partial charge in [0.15, 0.2) is 11.6 Å². The monoisotopic (exact) mass is 747 g/mol. The summed E-state index contributed by atoms with van der Waals surface area (Å²) in [5.74, 6) is 1.23. The number of carbonyl (C=O) groups excluding carboxylic acids is 2. The van der Waals surface area contributed by atoms with Crippen LogP contribution in [0.4, 0.5) is 10.2 Å². The van der Waals surface area contributed by atoms with Gasteiger partial charge in [-0.2, -0.15) is 0 Å². The summed E-state index contributed by atoms with van der Waals surface area (Å²) < 4.78 is 21.7. The van der Waals surface area contributed by atoms with E-state index < -0.39 is 5.82 Å². The summed E-state index contributed by atoms with van der Waals surface area (Å²) in [6.45, 7) is 8.38. The molecule has 0 N–H and O–H groups in total. The largest absolute Gasteiger partial charge is 0.493 e. The molecule has 0 radical (unpaired) electrons. The minimum atomic E-state index is -0.451. The van der Waals surface area contributed by atoms with E-state index in [4.69, 9.17) is 9.72 Å². The van der Waals surface area contributed by atoms with Crippen LogP contribution in [0, 0.1) is 18.7 Å². The van der Waals surface area contributed by atoms with Crippen molar-refractivity contribution < 1.29 is 18.7 Å². The van der Waals surface area contributed by atoms with Crippen molar-refractivity contribution >= 4 is 45.4 Å². The van der Waals surface area contributed by atoms with Crippen molar-refractivity contribution in [1.82, 2.24) is 29.3 Å². The molecule has 8 rings (SSSR count). The molecule has 2 aliphatic heterocycles. The number of fused-ring (bicyclic) bond motifs is 1. The molecule has 2 amide bonds. The summed E-state index contributed by atoms with van der Waals surface area (Å²) in [6, 6.07) is 11.9. The molecule has 0 spiro atoms. The van der Waals surface area contributed by atoms with E-state index in [9.17, 15) is 14.0 Å². The fourth-order valence-corrected chi connectivity index (χ4v) is 8.50. The van der Waals surface area contributed by atoms with Gasteiger partial charge in [-0.15, -0.1) is 11.3 Å². The lowest BCUT2D eigenvalue weighted by Crippen LogP contribution is -2.49. The Morgan fingerprint density at radius 1 is 1.00 bits per heavy atom. The lowest BCUT2D eigenvalue weighted by atomic mass is 9.96. The Hall–Kier alpha value is -5.10. The molecular formula is C42H46FN7O3S. The molecule has 5 aromatic rings. The Kier molecular flexibility index (Phi) is 10.2. The second-order valence-corrected chi connectivity index (χ2v) is 15.5. The highest BCUT2D eigenvalue weighted by Gasteiger charge is 2.30. The first kappa shape index (κ1) is 35.9. The number of ether oxygens (including phenoxy) is 1. The van der Waals surface area contributed by atoms with Crippen molar-refractivity contribution in [1.29, 1.82) is 0 Å². The quantitative estimate of drug-likeness (QED) is 0.141. The average Bonchev–Trinajstić information content (AvgIpc) is 3.72. The van der Waals surface area contributed by atoms with E-state index in [2.05, 4.69) is 57.9 Å². The van der Waals surface area contributed by atoms with Crippen LogP contribution in [0.1, 0.15) is 65.1 Å². The summed E-state index contributed by atoms with van der Waals surface area (Å²) in [6.07, 6.45) is 10.3. The third-order valence-electron chi connectivity index (χ3n) is 10.9. The fourth-order valence-electron chi connectivity index (χ4n) is 7.88. The second kappa shape index (κ2) is 15.3. The number of amides is 2. The third-order valence-corrected chi connectivity index (χ3v) is 11.7. The van der Waals surface area contributed by atoms with Gasteiger partial charge in [0, 0.05) is 115 Å². The van der Waals surface area contributed by atoms with Gasteiger partial charge in [0.1, 0.15) is 5.82 Å². The zero-order valence-corrected chi connectivity index (χ0v) is 32.0. The van der Waals surface area contributed by atoms with Crippen LogP contribution in [-0.2, 0) is 24.2 Å². The molecule has 0 atom stereocenters. The molecule has 1 saturated heterocycles. The molecule has 3 aliphatic rings. The summed E-state index contributed by atoms with van der Waals surface area (Å²) in [4.78, 5) is 47.4. The van der Waals surface area contributed by atoms with Crippen LogP contribution < -0.4 is 9.64 Å². The molecular weight excluding hydrogens is 702 g/mol. The molecule has 12 heteroatoms. The zero-order chi connectivity index (χ0) is 37.3. The van der Waals surface area contributed by atoms with Gasteiger partial charge < -0.3 is 24.0 Å². The number of pyridine rings is 2. The number of halogens is 1. The van der Waals surface area contributed by atoms with Crippen molar-refractivity contribution in [3.63, 3.8) is 0 Å². The number of aromatic nitrogens is 4. The topological polar surface area (TPSA) is 96.7 Å². The van der Waals surface area contributed by atoms with Crippen molar-refractivity contribution in [2.75, 3.05) is 51.3 Å². The van der Waals surface area contributed by atoms with Crippen molar-refractivity contribution in [3.8, 4) is 16.9 Å². The lowest BCUT2D eigenvalue weighted by Gasteiger charge is -2.36. The maximum atomic E-state index is 14.4. The third kappa shape index (κ3) is 7.36. The van der Waals surface area contributed by atoms with Crippen LogP contribution in [0.25, 0.3) is 27.6 Å². The number of aryl methyl sites for hydroxylation is 3. The summed E-state index contributed by atoms with van der Waals surface area (Å²) in [5.41, 5.74) is 8.04. The van der Waals surface area contributed by atoms with E-state index in [1.807, 2.05) is 27.0 Å². The first-order chi connectivity index (χ1) is 26.3. The molecule has 6 heterocycles. The van der Waals surface area contributed by atoms with Gasteiger partial charge >= 0.3 is 0 Å². The predicted octanol–water partition coefficient (Wildman–Crippen LogP) is 7.19. The van der Waals surface area contributed by atoms with Crippen molar-refractivity contribution in [2.24, 2.45) is 5.92 Å². The summed E-state index contributed by atoms with van der Waals surface area (Å²) in [5, 5.41) is 3.96. The Balaban J connectivity index is 1.15. The average molecular weight is 748 g/mol.